The van der Waals surface area contributed by atoms with Crippen molar-refractivity contribution in [2.45, 2.75) is 32.7 Å². The highest BCUT2D eigenvalue weighted by molar-refractivity contribution is 4.95. The summed E-state index contributed by atoms with van der Waals surface area (Å²) in [7, 11) is 0. The van der Waals surface area contributed by atoms with Crippen LogP contribution in [0.15, 0.2) is 0 Å². The highest BCUT2D eigenvalue weighted by Crippen LogP contribution is 2.12. The Hall–Kier alpha value is -0.900. The second-order valence-electron chi connectivity index (χ2n) is 2.65. The lowest BCUT2D eigenvalue weighted by Crippen LogP contribution is -1.99. The zero-order valence-corrected chi connectivity index (χ0v) is 6.96. The maximum atomic E-state index is 5.37. The van der Waals surface area contributed by atoms with Gasteiger partial charge in [-0.15, -0.1) is 0 Å². The molecule has 0 radical (unpaired) electrons. The van der Waals surface area contributed by atoms with Gasteiger partial charge in [0.1, 0.15) is 5.82 Å². The third kappa shape index (κ3) is 1.77. The molecule has 0 aliphatic rings. The van der Waals surface area contributed by atoms with Gasteiger partial charge in [0.2, 0.25) is 0 Å². The molecule has 1 unspecified atom stereocenters. The van der Waals surface area contributed by atoms with E-state index in [0.717, 1.165) is 18.1 Å². The topological polar surface area (TPSA) is 67.6 Å². The predicted molar refractivity (Wildman–Crippen MR) is 43.0 cm³/mol. The first-order valence-electron chi connectivity index (χ1n) is 3.89. The number of aromatic nitrogens is 3. The van der Waals surface area contributed by atoms with Crippen LogP contribution in [0.2, 0.25) is 0 Å². The van der Waals surface area contributed by atoms with Crippen molar-refractivity contribution in [1.82, 2.24) is 15.2 Å². The Morgan fingerprint density at radius 3 is 2.82 bits per heavy atom. The van der Waals surface area contributed by atoms with E-state index in [9.17, 15) is 0 Å². The standard InChI is InChI=1S/C7H14N4/c1-3-5(2)7-9-6(4-8)10-11-7/h5H,3-4,8H2,1-2H3,(H,9,10,11). The molecular formula is C7H14N4. The normalized spacial score (nSPS) is 13.4. The van der Waals surface area contributed by atoms with Crippen LogP contribution in [0.5, 0.6) is 0 Å². The Kier molecular flexibility index (Phi) is 2.59. The fourth-order valence-corrected chi connectivity index (χ4v) is 0.804. The van der Waals surface area contributed by atoms with Crippen LogP contribution in [0, 0.1) is 0 Å². The lowest BCUT2D eigenvalue weighted by molar-refractivity contribution is 0.682. The predicted octanol–water partition coefficient (Wildman–Crippen LogP) is 0.777. The molecule has 1 aromatic rings. The van der Waals surface area contributed by atoms with Crippen molar-refractivity contribution in [1.29, 1.82) is 0 Å². The molecule has 1 atom stereocenters. The van der Waals surface area contributed by atoms with E-state index in [1.807, 2.05) is 0 Å². The molecule has 4 heteroatoms. The second kappa shape index (κ2) is 3.48. The van der Waals surface area contributed by atoms with Gasteiger partial charge in [0.15, 0.2) is 5.82 Å². The highest BCUT2D eigenvalue weighted by atomic mass is 15.2. The molecule has 0 aromatic carbocycles. The first-order valence-corrected chi connectivity index (χ1v) is 3.89. The first-order chi connectivity index (χ1) is 5.27. The Morgan fingerprint density at radius 2 is 2.36 bits per heavy atom. The van der Waals surface area contributed by atoms with Crippen molar-refractivity contribution in [3.05, 3.63) is 11.6 Å². The van der Waals surface area contributed by atoms with Gasteiger partial charge < -0.3 is 5.73 Å². The summed E-state index contributed by atoms with van der Waals surface area (Å²) in [6.45, 7) is 4.65. The molecule has 1 rings (SSSR count). The fourth-order valence-electron chi connectivity index (χ4n) is 0.804. The number of nitrogens with two attached hydrogens (primary N) is 1. The molecule has 62 valence electrons. The molecule has 1 aromatic heterocycles. The molecule has 0 spiro atoms. The van der Waals surface area contributed by atoms with Crippen LogP contribution in [-0.2, 0) is 6.54 Å². The summed E-state index contributed by atoms with van der Waals surface area (Å²) >= 11 is 0. The zero-order valence-electron chi connectivity index (χ0n) is 6.96. The monoisotopic (exact) mass is 154 g/mol. The Bertz CT molecular complexity index is 218. The Labute approximate surface area is 66.2 Å². The molecule has 0 saturated heterocycles. The first kappa shape index (κ1) is 8.20. The van der Waals surface area contributed by atoms with Crippen LogP contribution in [-0.4, -0.2) is 15.2 Å². The SMILES string of the molecule is CCC(C)c1n[nH]c(CN)n1. The minimum atomic E-state index is 0.423. The smallest absolute Gasteiger partial charge is 0.153 e. The summed E-state index contributed by atoms with van der Waals surface area (Å²) in [5, 5.41) is 6.83. The third-order valence-corrected chi connectivity index (χ3v) is 1.80. The minimum Gasteiger partial charge on any atom is -0.324 e. The van der Waals surface area contributed by atoms with Crippen LogP contribution < -0.4 is 5.73 Å². The fraction of sp³-hybridized carbons (Fsp3) is 0.714. The van der Waals surface area contributed by atoms with Crippen molar-refractivity contribution in [3.63, 3.8) is 0 Å². The van der Waals surface area contributed by atoms with Crippen molar-refractivity contribution in [2.75, 3.05) is 0 Å². The van der Waals surface area contributed by atoms with Crippen LogP contribution in [0.3, 0.4) is 0 Å². The number of aromatic amines is 1. The number of hydrogen-bond acceptors (Lipinski definition) is 3. The van der Waals surface area contributed by atoms with Gasteiger partial charge in [0.25, 0.3) is 0 Å². The summed E-state index contributed by atoms with van der Waals surface area (Å²) in [4.78, 5) is 4.21. The maximum Gasteiger partial charge on any atom is 0.153 e. The van der Waals surface area contributed by atoms with Gasteiger partial charge in [0, 0.05) is 5.92 Å². The van der Waals surface area contributed by atoms with Crippen molar-refractivity contribution in [3.8, 4) is 0 Å². The molecule has 0 saturated carbocycles. The average molecular weight is 154 g/mol. The number of nitrogens with zero attached hydrogens (tertiary/aromatic N) is 2. The molecule has 0 aliphatic heterocycles. The van der Waals surface area contributed by atoms with Crippen molar-refractivity contribution < 1.29 is 0 Å². The summed E-state index contributed by atoms with van der Waals surface area (Å²) in [5.74, 6) is 2.06. The van der Waals surface area contributed by atoms with Crippen molar-refractivity contribution in [2.24, 2.45) is 5.73 Å². The molecule has 1 heterocycles. The average Bonchev–Trinajstić information content (AvgIpc) is 2.50. The quantitative estimate of drug-likeness (QED) is 0.676. The number of hydrogen-bond donors (Lipinski definition) is 2. The Balaban J connectivity index is 2.71. The number of nitrogens with one attached hydrogen (secondary N) is 1. The zero-order chi connectivity index (χ0) is 8.27. The molecule has 11 heavy (non-hydrogen) atoms. The molecule has 3 N–H and O–H groups in total. The van der Waals surface area contributed by atoms with Gasteiger partial charge in [-0.1, -0.05) is 13.8 Å². The van der Waals surface area contributed by atoms with E-state index in [-0.39, 0.29) is 0 Å². The van der Waals surface area contributed by atoms with Gasteiger partial charge in [-0.05, 0) is 6.42 Å². The van der Waals surface area contributed by atoms with E-state index >= 15 is 0 Å². The lowest BCUT2D eigenvalue weighted by Gasteiger charge is -1.99. The molecular weight excluding hydrogens is 140 g/mol. The minimum absolute atomic E-state index is 0.423. The summed E-state index contributed by atoms with van der Waals surface area (Å²) in [6.07, 6.45) is 1.06. The highest BCUT2D eigenvalue weighted by Gasteiger charge is 2.07. The second-order valence-corrected chi connectivity index (χ2v) is 2.65. The molecule has 0 fully saturated rings. The Morgan fingerprint density at radius 1 is 1.64 bits per heavy atom. The van der Waals surface area contributed by atoms with Gasteiger partial charge in [-0.2, -0.15) is 5.10 Å². The van der Waals surface area contributed by atoms with E-state index in [1.165, 1.54) is 0 Å². The summed E-state index contributed by atoms with van der Waals surface area (Å²) in [5.41, 5.74) is 5.37. The van der Waals surface area contributed by atoms with Gasteiger partial charge in [-0.3, -0.25) is 5.10 Å². The van der Waals surface area contributed by atoms with E-state index in [0.29, 0.717) is 12.5 Å². The van der Waals surface area contributed by atoms with Gasteiger partial charge in [-0.25, -0.2) is 4.98 Å². The van der Waals surface area contributed by atoms with E-state index in [4.69, 9.17) is 5.73 Å². The van der Waals surface area contributed by atoms with E-state index < -0.39 is 0 Å². The van der Waals surface area contributed by atoms with Gasteiger partial charge >= 0.3 is 0 Å². The largest absolute Gasteiger partial charge is 0.324 e. The summed E-state index contributed by atoms with van der Waals surface area (Å²) < 4.78 is 0. The van der Waals surface area contributed by atoms with Crippen molar-refractivity contribution >= 4 is 0 Å². The number of H-pyrrole nitrogens is 1. The third-order valence-electron chi connectivity index (χ3n) is 1.80. The van der Waals surface area contributed by atoms with E-state index in [2.05, 4.69) is 29.0 Å². The molecule has 4 nitrogen and oxygen atoms in total. The lowest BCUT2D eigenvalue weighted by atomic mass is 10.1. The van der Waals surface area contributed by atoms with Crippen LogP contribution >= 0.6 is 0 Å². The van der Waals surface area contributed by atoms with Crippen LogP contribution in [0.4, 0.5) is 0 Å². The van der Waals surface area contributed by atoms with Gasteiger partial charge in [0.05, 0.1) is 6.54 Å². The molecule has 0 aliphatic carbocycles. The number of rotatable bonds is 3. The summed E-state index contributed by atoms with van der Waals surface area (Å²) in [6, 6.07) is 0. The van der Waals surface area contributed by atoms with Crippen LogP contribution in [0.1, 0.15) is 37.8 Å². The van der Waals surface area contributed by atoms with E-state index in [1.54, 1.807) is 0 Å². The van der Waals surface area contributed by atoms with Crippen LogP contribution in [0.25, 0.3) is 0 Å². The molecule has 0 bridgehead atoms. The molecule has 0 amide bonds. The maximum absolute atomic E-state index is 5.37.